The number of hydrogen-bond donors (Lipinski definition) is 0. The highest BCUT2D eigenvalue weighted by Gasteiger charge is 2.30. The number of aryl methyl sites for hydroxylation is 2. The lowest BCUT2D eigenvalue weighted by Crippen LogP contribution is -2.21. The van der Waals surface area contributed by atoms with Crippen LogP contribution in [0.1, 0.15) is 100.0 Å². The van der Waals surface area contributed by atoms with E-state index < -0.39 is 0 Å². The van der Waals surface area contributed by atoms with Crippen LogP contribution in [0.4, 0.5) is 0 Å². The SMILES string of the molecule is C=C1C=CC(CC(C)(C)C)C(=C)C1CC1=Cc2cccc(-c3cc(C)cc(C)c3CCC3CCCCC3)c2C1. The molecule has 5 rings (SSSR count). The molecule has 2 aromatic rings. The third-order valence-electron chi connectivity index (χ3n) is 9.62. The van der Waals surface area contributed by atoms with E-state index in [0.29, 0.717) is 17.3 Å². The Labute approximate surface area is 239 Å². The summed E-state index contributed by atoms with van der Waals surface area (Å²) >= 11 is 0. The van der Waals surface area contributed by atoms with Gasteiger partial charge < -0.3 is 0 Å². The van der Waals surface area contributed by atoms with E-state index >= 15 is 0 Å². The van der Waals surface area contributed by atoms with Gasteiger partial charge in [-0.05, 0) is 102 Å². The predicted molar refractivity (Wildman–Crippen MR) is 171 cm³/mol. The number of benzene rings is 2. The van der Waals surface area contributed by atoms with E-state index in [1.807, 2.05) is 0 Å². The molecule has 2 unspecified atom stereocenters. The minimum atomic E-state index is 0.291. The van der Waals surface area contributed by atoms with Crippen LogP contribution in [0.5, 0.6) is 0 Å². The molecule has 0 nitrogen and oxygen atoms in total. The molecule has 1 fully saturated rings. The van der Waals surface area contributed by atoms with Crippen molar-refractivity contribution in [2.75, 3.05) is 0 Å². The first-order chi connectivity index (χ1) is 18.6. The largest absolute Gasteiger partial charge is 0.0986 e. The Balaban J connectivity index is 1.38. The average Bonchev–Trinajstić information content (AvgIpc) is 3.30. The van der Waals surface area contributed by atoms with Crippen LogP contribution in [-0.2, 0) is 12.8 Å². The smallest absolute Gasteiger partial charge is 0.00827 e. The minimum Gasteiger partial charge on any atom is -0.0986 e. The molecule has 0 aliphatic heterocycles. The summed E-state index contributed by atoms with van der Waals surface area (Å²) in [5, 5.41) is 0. The second-order valence-electron chi connectivity index (χ2n) is 14.1. The number of rotatable bonds is 7. The van der Waals surface area contributed by atoms with E-state index in [4.69, 9.17) is 0 Å². The Morgan fingerprint density at radius 2 is 1.72 bits per heavy atom. The third-order valence-corrected chi connectivity index (χ3v) is 9.62. The topological polar surface area (TPSA) is 0 Å². The van der Waals surface area contributed by atoms with Crippen molar-refractivity contribution in [1.82, 2.24) is 0 Å². The zero-order valence-electron chi connectivity index (χ0n) is 25.3. The maximum atomic E-state index is 4.62. The molecule has 0 spiro atoms. The molecule has 0 bridgehead atoms. The van der Waals surface area contributed by atoms with Crippen LogP contribution in [0.25, 0.3) is 17.2 Å². The highest BCUT2D eigenvalue weighted by atomic mass is 14.3. The van der Waals surface area contributed by atoms with Gasteiger partial charge in [-0.15, -0.1) is 0 Å². The zero-order chi connectivity index (χ0) is 27.7. The summed E-state index contributed by atoms with van der Waals surface area (Å²) in [5.41, 5.74) is 14.7. The fourth-order valence-corrected chi connectivity index (χ4v) is 7.57. The van der Waals surface area contributed by atoms with Gasteiger partial charge in [-0.3, -0.25) is 0 Å². The summed E-state index contributed by atoms with van der Waals surface area (Å²) in [7, 11) is 0. The number of fused-ring (bicyclic) bond motifs is 1. The Bertz CT molecular complexity index is 1300. The quantitative estimate of drug-likeness (QED) is 0.320. The molecule has 206 valence electrons. The summed E-state index contributed by atoms with van der Waals surface area (Å²) in [4.78, 5) is 0. The van der Waals surface area contributed by atoms with Crippen LogP contribution >= 0.6 is 0 Å². The molecule has 0 amide bonds. The van der Waals surface area contributed by atoms with E-state index in [0.717, 1.165) is 25.2 Å². The van der Waals surface area contributed by atoms with Gasteiger partial charge in [0.1, 0.15) is 0 Å². The molecule has 0 aromatic heterocycles. The van der Waals surface area contributed by atoms with Crippen LogP contribution in [-0.4, -0.2) is 0 Å². The van der Waals surface area contributed by atoms with Crippen molar-refractivity contribution >= 4 is 6.08 Å². The van der Waals surface area contributed by atoms with Gasteiger partial charge in [-0.1, -0.05) is 131 Å². The molecule has 39 heavy (non-hydrogen) atoms. The number of hydrogen-bond acceptors (Lipinski definition) is 0. The van der Waals surface area contributed by atoms with Crippen LogP contribution in [0, 0.1) is 37.0 Å². The number of allylic oxidation sites excluding steroid dienone is 5. The summed E-state index contributed by atoms with van der Waals surface area (Å²) in [6.07, 6.45) is 20.0. The monoisotopic (exact) mass is 518 g/mol. The Morgan fingerprint density at radius 1 is 0.949 bits per heavy atom. The molecule has 0 heterocycles. The maximum Gasteiger partial charge on any atom is 0.00827 e. The van der Waals surface area contributed by atoms with Crippen molar-refractivity contribution in [3.8, 4) is 11.1 Å². The third kappa shape index (κ3) is 6.42. The van der Waals surface area contributed by atoms with Crippen molar-refractivity contribution in [3.63, 3.8) is 0 Å². The lowest BCUT2D eigenvalue weighted by molar-refractivity contribution is 0.334. The fourth-order valence-electron chi connectivity index (χ4n) is 7.57. The standard InChI is InChI=1S/C39H50/c1-26-20-28(3)34(19-17-30-12-9-8-10-13-30)38(21-26)35-15-11-14-32-22-31(24-37(32)35)23-36-27(2)16-18-33(29(36)4)25-39(5,6)7/h11,14-16,18,20-22,30,33,36H,2,4,8-10,12-13,17,19,23-25H2,1,3,5-7H3. The van der Waals surface area contributed by atoms with E-state index in [1.165, 1.54) is 95.0 Å². The van der Waals surface area contributed by atoms with Crippen molar-refractivity contribution in [2.45, 2.75) is 98.8 Å². The summed E-state index contributed by atoms with van der Waals surface area (Å²) in [6, 6.07) is 11.8. The van der Waals surface area contributed by atoms with Crippen molar-refractivity contribution in [3.05, 3.63) is 100 Å². The molecule has 0 saturated heterocycles. The predicted octanol–water partition coefficient (Wildman–Crippen LogP) is 11.2. The summed E-state index contributed by atoms with van der Waals surface area (Å²) in [6.45, 7) is 20.7. The lowest BCUT2D eigenvalue weighted by Gasteiger charge is -2.33. The van der Waals surface area contributed by atoms with Gasteiger partial charge in [-0.2, -0.15) is 0 Å². The highest BCUT2D eigenvalue weighted by molar-refractivity contribution is 5.80. The van der Waals surface area contributed by atoms with Gasteiger partial charge in [0.05, 0.1) is 0 Å². The lowest BCUT2D eigenvalue weighted by atomic mass is 9.71. The molecular formula is C39H50. The van der Waals surface area contributed by atoms with Crippen molar-refractivity contribution < 1.29 is 0 Å². The van der Waals surface area contributed by atoms with Gasteiger partial charge in [0, 0.05) is 5.92 Å². The molecule has 0 radical (unpaired) electrons. The Kier molecular flexibility index (Phi) is 8.23. The first-order valence-corrected chi connectivity index (χ1v) is 15.6. The van der Waals surface area contributed by atoms with Gasteiger partial charge >= 0.3 is 0 Å². The second kappa shape index (κ2) is 11.5. The normalized spacial score (nSPS) is 21.8. The van der Waals surface area contributed by atoms with E-state index in [2.05, 4.69) is 96.3 Å². The van der Waals surface area contributed by atoms with Crippen molar-refractivity contribution in [2.24, 2.45) is 23.2 Å². The zero-order valence-corrected chi connectivity index (χ0v) is 25.3. The van der Waals surface area contributed by atoms with Gasteiger partial charge in [0.25, 0.3) is 0 Å². The molecule has 2 aromatic carbocycles. The van der Waals surface area contributed by atoms with Crippen LogP contribution < -0.4 is 0 Å². The summed E-state index contributed by atoms with van der Waals surface area (Å²) < 4.78 is 0. The van der Waals surface area contributed by atoms with Crippen LogP contribution in [0.3, 0.4) is 0 Å². The minimum absolute atomic E-state index is 0.291. The first-order valence-electron chi connectivity index (χ1n) is 15.6. The van der Waals surface area contributed by atoms with Gasteiger partial charge in [-0.25, -0.2) is 0 Å². The van der Waals surface area contributed by atoms with Crippen LogP contribution in [0.2, 0.25) is 0 Å². The maximum absolute atomic E-state index is 4.62. The summed E-state index contributed by atoms with van der Waals surface area (Å²) in [5.74, 6) is 1.70. The average molecular weight is 519 g/mol. The first kappa shape index (κ1) is 27.9. The molecule has 1 saturated carbocycles. The van der Waals surface area contributed by atoms with E-state index in [-0.39, 0.29) is 0 Å². The van der Waals surface area contributed by atoms with E-state index in [1.54, 1.807) is 5.56 Å². The Morgan fingerprint density at radius 3 is 2.46 bits per heavy atom. The van der Waals surface area contributed by atoms with Crippen molar-refractivity contribution in [1.29, 1.82) is 0 Å². The van der Waals surface area contributed by atoms with Crippen LogP contribution in [0.15, 0.2) is 72.4 Å². The van der Waals surface area contributed by atoms with Gasteiger partial charge in [0.15, 0.2) is 0 Å². The van der Waals surface area contributed by atoms with E-state index in [9.17, 15) is 0 Å². The molecule has 0 heteroatoms. The molecule has 3 aliphatic carbocycles. The second-order valence-corrected chi connectivity index (χ2v) is 14.1. The van der Waals surface area contributed by atoms with Gasteiger partial charge in [0.2, 0.25) is 0 Å². The molecule has 3 aliphatic rings. The molecule has 2 atom stereocenters. The molecule has 0 N–H and O–H groups in total. The molecular weight excluding hydrogens is 468 g/mol. The Hall–Kier alpha value is -2.60. The highest BCUT2D eigenvalue weighted by Crippen LogP contribution is 2.44. The fraction of sp³-hybridized carbons (Fsp3) is 0.487.